The third-order valence-electron chi connectivity index (χ3n) is 3.64. The molecule has 0 spiro atoms. The standard InChI is InChI=1S/C13H15F3N6O2/c1-8-6-9(20-24-8)17-11(23)2-3-21-4-5-22-10(7-21)18-19-12(22)13(14,15)16/h6H,2-5,7H2,1H3,(H,17,20,23). The summed E-state index contributed by atoms with van der Waals surface area (Å²) in [4.78, 5) is 13.7. The molecule has 1 amide bonds. The monoisotopic (exact) mass is 344 g/mol. The van der Waals surface area contributed by atoms with E-state index in [0.717, 1.165) is 4.57 Å². The Hall–Kier alpha value is -2.43. The highest BCUT2D eigenvalue weighted by molar-refractivity contribution is 5.89. The molecule has 24 heavy (non-hydrogen) atoms. The summed E-state index contributed by atoms with van der Waals surface area (Å²) < 4.78 is 44.2. The fraction of sp³-hybridized carbons (Fsp3) is 0.538. The molecule has 0 unspecified atom stereocenters. The Bertz CT molecular complexity index is 738. The summed E-state index contributed by atoms with van der Waals surface area (Å²) in [6, 6.07) is 1.60. The molecule has 1 N–H and O–H groups in total. The lowest BCUT2D eigenvalue weighted by Crippen LogP contribution is -2.37. The number of alkyl halides is 3. The fourth-order valence-electron chi connectivity index (χ4n) is 2.50. The number of aryl methyl sites for hydroxylation is 1. The largest absolute Gasteiger partial charge is 0.451 e. The molecule has 0 aliphatic carbocycles. The van der Waals surface area contributed by atoms with Gasteiger partial charge in [-0.25, -0.2) is 0 Å². The number of fused-ring (bicyclic) bond motifs is 1. The van der Waals surface area contributed by atoms with Gasteiger partial charge < -0.3 is 14.4 Å². The van der Waals surface area contributed by atoms with Crippen molar-refractivity contribution in [1.29, 1.82) is 0 Å². The summed E-state index contributed by atoms with van der Waals surface area (Å²) in [5, 5.41) is 13.1. The number of rotatable bonds is 4. The van der Waals surface area contributed by atoms with Gasteiger partial charge in [-0.05, 0) is 6.92 Å². The molecule has 8 nitrogen and oxygen atoms in total. The minimum atomic E-state index is -4.51. The Morgan fingerprint density at radius 1 is 1.38 bits per heavy atom. The number of anilines is 1. The van der Waals surface area contributed by atoms with Crippen LogP contribution in [0.15, 0.2) is 10.6 Å². The molecular formula is C13H15F3N6O2. The lowest BCUT2D eigenvalue weighted by atomic mass is 10.3. The van der Waals surface area contributed by atoms with E-state index in [9.17, 15) is 18.0 Å². The van der Waals surface area contributed by atoms with Gasteiger partial charge in [-0.3, -0.25) is 9.69 Å². The lowest BCUT2D eigenvalue weighted by Gasteiger charge is -2.27. The van der Waals surface area contributed by atoms with Crippen molar-refractivity contribution in [3.63, 3.8) is 0 Å². The summed E-state index contributed by atoms with van der Waals surface area (Å²) in [6.45, 7) is 2.86. The first-order chi connectivity index (χ1) is 11.3. The summed E-state index contributed by atoms with van der Waals surface area (Å²) in [5.41, 5.74) is 0. The number of amides is 1. The molecule has 0 fully saturated rings. The van der Waals surface area contributed by atoms with E-state index in [1.165, 1.54) is 0 Å². The van der Waals surface area contributed by atoms with Crippen LogP contribution in [0.2, 0.25) is 0 Å². The number of carbonyl (C=O) groups is 1. The minimum Gasteiger partial charge on any atom is -0.360 e. The van der Waals surface area contributed by atoms with E-state index in [1.807, 2.05) is 4.90 Å². The first kappa shape index (κ1) is 16.4. The quantitative estimate of drug-likeness (QED) is 0.903. The number of aromatic nitrogens is 4. The van der Waals surface area contributed by atoms with Gasteiger partial charge in [-0.15, -0.1) is 10.2 Å². The van der Waals surface area contributed by atoms with E-state index in [-0.39, 0.29) is 31.2 Å². The van der Waals surface area contributed by atoms with E-state index in [0.29, 0.717) is 24.7 Å². The molecule has 130 valence electrons. The van der Waals surface area contributed by atoms with Crippen molar-refractivity contribution < 1.29 is 22.5 Å². The minimum absolute atomic E-state index is 0.140. The average molecular weight is 344 g/mol. The molecule has 0 saturated heterocycles. The molecule has 0 saturated carbocycles. The van der Waals surface area contributed by atoms with E-state index >= 15 is 0 Å². The molecule has 0 bridgehead atoms. The van der Waals surface area contributed by atoms with Crippen LogP contribution in [0.5, 0.6) is 0 Å². The van der Waals surface area contributed by atoms with E-state index in [2.05, 4.69) is 20.7 Å². The molecular weight excluding hydrogens is 329 g/mol. The van der Waals surface area contributed by atoms with Crippen LogP contribution < -0.4 is 5.32 Å². The Balaban J connectivity index is 1.53. The van der Waals surface area contributed by atoms with Crippen LogP contribution >= 0.6 is 0 Å². The lowest BCUT2D eigenvalue weighted by molar-refractivity contribution is -0.148. The van der Waals surface area contributed by atoms with Gasteiger partial charge in [0.15, 0.2) is 5.82 Å². The second kappa shape index (κ2) is 6.23. The number of nitrogens with zero attached hydrogens (tertiary/aromatic N) is 5. The van der Waals surface area contributed by atoms with Gasteiger partial charge in [0.25, 0.3) is 0 Å². The molecule has 1 aliphatic heterocycles. The second-order valence-corrected chi connectivity index (χ2v) is 5.49. The van der Waals surface area contributed by atoms with E-state index in [1.54, 1.807) is 13.0 Å². The number of halogens is 3. The van der Waals surface area contributed by atoms with Crippen LogP contribution in [0.4, 0.5) is 19.0 Å². The highest BCUT2D eigenvalue weighted by Gasteiger charge is 2.39. The van der Waals surface area contributed by atoms with Crippen LogP contribution in [0.3, 0.4) is 0 Å². The zero-order valence-electron chi connectivity index (χ0n) is 12.8. The van der Waals surface area contributed by atoms with Gasteiger partial charge >= 0.3 is 6.18 Å². The predicted octanol–water partition coefficient (Wildman–Crippen LogP) is 1.44. The van der Waals surface area contributed by atoms with Crippen LogP contribution in [0.1, 0.15) is 23.8 Å². The molecule has 2 aromatic rings. The topological polar surface area (TPSA) is 89.1 Å². The second-order valence-electron chi connectivity index (χ2n) is 5.49. The number of hydrogen-bond donors (Lipinski definition) is 1. The molecule has 2 aromatic heterocycles. The van der Waals surface area contributed by atoms with Crippen molar-refractivity contribution in [3.05, 3.63) is 23.5 Å². The first-order valence-corrected chi connectivity index (χ1v) is 7.28. The zero-order valence-corrected chi connectivity index (χ0v) is 12.8. The van der Waals surface area contributed by atoms with Crippen LogP contribution in [-0.4, -0.2) is 43.8 Å². The molecule has 3 heterocycles. The predicted molar refractivity (Wildman–Crippen MR) is 74.8 cm³/mol. The first-order valence-electron chi connectivity index (χ1n) is 7.28. The van der Waals surface area contributed by atoms with Crippen molar-refractivity contribution in [2.75, 3.05) is 18.4 Å². The molecule has 0 radical (unpaired) electrons. The van der Waals surface area contributed by atoms with E-state index in [4.69, 9.17) is 4.52 Å². The summed E-state index contributed by atoms with van der Waals surface area (Å²) in [6.07, 6.45) is -4.32. The molecule has 0 aromatic carbocycles. The summed E-state index contributed by atoms with van der Waals surface area (Å²) in [5.74, 6) is -0.0458. The van der Waals surface area contributed by atoms with Gasteiger partial charge in [-0.2, -0.15) is 13.2 Å². The normalized spacial score (nSPS) is 15.3. The molecule has 11 heteroatoms. The maximum Gasteiger partial charge on any atom is 0.451 e. The maximum absolute atomic E-state index is 12.8. The van der Waals surface area contributed by atoms with E-state index < -0.39 is 12.0 Å². The van der Waals surface area contributed by atoms with Crippen molar-refractivity contribution in [2.45, 2.75) is 32.6 Å². The SMILES string of the molecule is Cc1cc(NC(=O)CCN2CCn3c(nnc3C(F)(F)F)C2)no1. The van der Waals surface area contributed by atoms with Gasteiger partial charge in [-0.1, -0.05) is 5.16 Å². The summed E-state index contributed by atoms with van der Waals surface area (Å²) >= 11 is 0. The smallest absolute Gasteiger partial charge is 0.360 e. The Labute approximate surface area is 134 Å². The third-order valence-corrected chi connectivity index (χ3v) is 3.64. The van der Waals surface area contributed by atoms with Gasteiger partial charge in [0.1, 0.15) is 11.6 Å². The number of nitrogens with one attached hydrogen (secondary N) is 1. The maximum atomic E-state index is 12.8. The van der Waals surface area contributed by atoms with Crippen LogP contribution in [0.25, 0.3) is 0 Å². The zero-order chi connectivity index (χ0) is 17.3. The highest BCUT2D eigenvalue weighted by Crippen LogP contribution is 2.29. The third kappa shape index (κ3) is 3.55. The Kier molecular flexibility index (Phi) is 4.26. The van der Waals surface area contributed by atoms with Crippen LogP contribution in [0, 0.1) is 6.92 Å². The van der Waals surface area contributed by atoms with Gasteiger partial charge in [0.05, 0.1) is 6.54 Å². The average Bonchev–Trinajstić information content (AvgIpc) is 3.10. The number of hydrogen-bond acceptors (Lipinski definition) is 6. The Morgan fingerprint density at radius 2 is 2.17 bits per heavy atom. The fourth-order valence-corrected chi connectivity index (χ4v) is 2.50. The molecule has 0 atom stereocenters. The van der Waals surface area contributed by atoms with Crippen LogP contribution in [-0.2, 0) is 24.1 Å². The van der Waals surface area contributed by atoms with Crippen molar-refractivity contribution >= 4 is 11.7 Å². The number of carbonyl (C=O) groups excluding carboxylic acids is 1. The molecule has 1 aliphatic rings. The molecule has 3 rings (SSSR count). The van der Waals surface area contributed by atoms with Crippen molar-refractivity contribution in [2.24, 2.45) is 0 Å². The van der Waals surface area contributed by atoms with Crippen molar-refractivity contribution in [3.8, 4) is 0 Å². The van der Waals surface area contributed by atoms with Gasteiger partial charge in [0, 0.05) is 32.1 Å². The summed E-state index contributed by atoms with van der Waals surface area (Å²) in [7, 11) is 0. The Morgan fingerprint density at radius 3 is 2.83 bits per heavy atom. The van der Waals surface area contributed by atoms with Crippen molar-refractivity contribution in [1.82, 2.24) is 24.8 Å². The van der Waals surface area contributed by atoms with Gasteiger partial charge in [0.2, 0.25) is 11.7 Å². The highest BCUT2D eigenvalue weighted by atomic mass is 19.4.